The van der Waals surface area contributed by atoms with Crippen LogP contribution in [0, 0.1) is 0 Å². The number of hydrogen-bond donors (Lipinski definition) is 0. The topological polar surface area (TPSA) is 43.6 Å². The first-order chi connectivity index (χ1) is 11.9. The Labute approximate surface area is 141 Å². The number of carbonyl (C=O) groups excluding carboxylic acids is 1. The van der Waals surface area contributed by atoms with Crippen LogP contribution in [0.15, 0.2) is 47.5 Å². The summed E-state index contributed by atoms with van der Waals surface area (Å²) in [6.07, 6.45) is -4.89. The fraction of sp³-hybridized carbons (Fsp3) is 0.222. The Morgan fingerprint density at radius 3 is 2.44 bits per heavy atom. The summed E-state index contributed by atoms with van der Waals surface area (Å²) in [5, 5.41) is 1.70. The summed E-state index contributed by atoms with van der Waals surface area (Å²) >= 11 is 0. The lowest BCUT2D eigenvalue weighted by molar-refractivity contribution is -0.137. The molecule has 25 heavy (non-hydrogen) atoms. The van der Waals surface area contributed by atoms with Gasteiger partial charge in [-0.2, -0.15) is 13.2 Å². The Morgan fingerprint density at radius 2 is 1.80 bits per heavy atom. The van der Waals surface area contributed by atoms with Crippen LogP contribution in [-0.2, 0) is 16.1 Å². The van der Waals surface area contributed by atoms with E-state index in [2.05, 4.69) is 14.3 Å². The summed E-state index contributed by atoms with van der Waals surface area (Å²) in [5.41, 5.74) is 0.359. The van der Waals surface area contributed by atoms with Gasteiger partial charge in [0.25, 0.3) is 0 Å². The molecule has 0 unspecified atom stereocenters. The van der Waals surface area contributed by atoms with E-state index in [1.165, 1.54) is 6.07 Å². The van der Waals surface area contributed by atoms with Crippen LogP contribution >= 0.6 is 0 Å². The van der Waals surface area contributed by atoms with E-state index >= 15 is 0 Å². The van der Waals surface area contributed by atoms with E-state index in [1.807, 2.05) is 31.2 Å². The highest BCUT2D eigenvalue weighted by atomic mass is 19.4. The monoisotopic (exact) mass is 348 g/mol. The Morgan fingerprint density at radius 1 is 1.12 bits per heavy atom. The molecule has 0 fully saturated rings. The van der Waals surface area contributed by atoms with E-state index in [9.17, 15) is 18.0 Å². The molecule has 0 aliphatic heterocycles. The van der Waals surface area contributed by atoms with Gasteiger partial charge in [-0.3, -0.25) is 0 Å². The van der Waals surface area contributed by atoms with Crippen LogP contribution in [0.5, 0.6) is 0 Å². The minimum atomic E-state index is -4.89. The predicted octanol–water partition coefficient (Wildman–Crippen LogP) is 4.62. The first-order valence-corrected chi connectivity index (χ1v) is 7.62. The van der Waals surface area contributed by atoms with Gasteiger partial charge in [0, 0.05) is 28.4 Å². The summed E-state index contributed by atoms with van der Waals surface area (Å²) in [4.78, 5) is 14.9. The lowest BCUT2D eigenvalue weighted by atomic mass is 10.1. The smallest absolute Gasteiger partial charge is 0.440 e. The maximum absolute atomic E-state index is 13.0. The Kier molecular flexibility index (Phi) is 4.24. The normalized spacial score (nSPS) is 12.8. The first-order valence-electron chi connectivity index (χ1n) is 7.62. The second-order valence-corrected chi connectivity index (χ2v) is 5.41. The van der Waals surface area contributed by atoms with Crippen molar-refractivity contribution in [3.8, 4) is 0 Å². The van der Waals surface area contributed by atoms with Crippen molar-refractivity contribution in [3.63, 3.8) is 0 Å². The molecule has 130 valence electrons. The predicted molar refractivity (Wildman–Crippen MR) is 90.3 cm³/mol. The van der Waals surface area contributed by atoms with Crippen molar-refractivity contribution in [2.45, 2.75) is 19.6 Å². The summed E-state index contributed by atoms with van der Waals surface area (Å²) in [6, 6.07) is 12.4. The lowest BCUT2D eigenvalue weighted by Gasteiger charge is -2.08. The zero-order valence-corrected chi connectivity index (χ0v) is 13.6. The van der Waals surface area contributed by atoms with Gasteiger partial charge in [0.05, 0.1) is 12.8 Å². The number of ether oxygens (including phenoxy) is 1. The van der Waals surface area contributed by atoms with Crippen molar-refractivity contribution >= 4 is 39.2 Å². The number of benzene rings is 2. The number of aliphatic imine (C=N–C) groups is 1. The summed E-state index contributed by atoms with van der Waals surface area (Å²) in [5.74, 6) is -1.51. The van der Waals surface area contributed by atoms with E-state index in [-0.39, 0.29) is 5.69 Å². The van der Waals surface area contributed by atoms with Gasteiger partial charge in [0.1, 0.15) is 0 Å². The van der Waals surface area contributed by atoms with Gasteiger partial charge in [-0.05, 0) is 31.2 Å². The van der Waals surface area contributed by atoms with E-state index in [0.717, 1.165) is 35.5 Å². The quantitative estimate of drug-likeness (QED) is 0.512. The molecule has 7 heteroatoms. The number of carbonyl (C=O) groups is 1. The van der Waals surface area contributed by atoms with Crippen LogP contribution in [0.2, 0.25) is 0 Å². The van der Waals surface area contributed by atoms with Crippen LogP contribution in [0.4, 0.5) is 18.9 Å². The molecule has 0 spiro atoms. The highest BCUT2D eigenvalue weighted by Crippen LogP contribution is 2.32. The van der Waals surface area contributed by atoms with Gasteiger partial charge < -0.3 is 9.30 Å². The molecule has 0 saturated heterocycles. The van der Waals surface area contributed by atoms with Gasteiger partial charge in [0.15, 0.2) is 0 Å². The minimum Gasteiger partial charge on any atom is -0.464 e. The standard InChI is InChI=1S/C18H15F3N2O2/c1-3-23-14-7-5-4-6-12(14)13-10-11(8-9-15(13)23)22-16(17(24)25-2)18(19,20)21/h4-10H,3H2,1-2H3. The SMILES string of the molecule is CCn1c2ccccc2c2cc(N=C(C(=O)OC)C(F)(F)F)ccc21. The third-order valence-electron chi connectivity index (χ3n) is 3.96. The lowest BCUT2D eigenvalue weighted by Crippen LogP contribution is -2.31. The average Bonchev–Trinajstić information content (AvgIpc) is 2.91. The van der Waals surface area contributed by atoms with Crippen LogP contribution in [-0.4, -0.2) is 29.5 Å². The molecule has 3 aromatic rings. The molecule has 0 aliphatic carbocycles. The molecule has 0 amide bonds. The molecule has 0 saturated carbocycles. The number of nitrogens with zero attached hydrogens (tertiary/aromatic N) is 2. The molecule has 0 N–H and O–H groups in total. The number of aryl methyl sites for hydroxylation is 1. The van der Waals surface area contributed by atoms with Crippen LogP contribution in [0.1, 0.15) is 6.92 Å². The summed E-state index contributed by atoms with van der Waals surface area (Å²) in [6.45, 7) is 2.72. The number of methoxy groups -OCH3 is 1. The third kappa shape index (κ3) is 2.97. The van der Waals surface area contributed by atoms with Crippen molar-refractivity contribution in [1.82, 2.24) is 4.57 Å². The molecule has 2 aromatic carbocycles. The molecule has 1 aromatic heterocycles. The molecule has 0 bridgehead atoms. The molecule has 1 heterocycles. The van der Waals surface area contributed by atoms with Crippen molar-refractivity contribution in [2.75, 3.05) is 7.11 Å². The zero-order chi connectivity index (χ0) is 18.2. The number of hydrogen-bond acceptors (Lipinski definition) is 3. The van der Waals surface area contributed by atoms with E-state index in [0.29, 0.717) is 0 Å². The number of para-hydroxylation sites is 1. The summed E-state index contributed by atoms with van der Waals surface area (Å²) < 4.78 is 45.4. The largest absolute Gasteiger partial charge is 0.464 e. The van der Waals surface area contributed by atoms with Crippen molar-refractivity contribution < 1.29 is 22.7 Å². The Bertz CT molecular complexity index is 987. The second-order valence-electron chi connectivity index (χ2n) is 5.41. The Hall–Kier alpha value is -2.83. The van der Waals surface area contributed by atoms with Crippen molar-refractivity contribution in [2.24, 2.45) is 4.99 Å². The van der Waals surface area contributed by atoms with Crippen LogP contribution in [0.25, 0.3) is 21.8 Å². The number of aromatic nitrogens is 1. The fourth-order valence-electron chi connectivity index (χ4n) is 2.90. The molecule has 0 radical (unpaired) electrons. The highest BCUT2D eigenvalue weighted by Gasteiger charge is 2.41. The second kappa shape index (κ2) is 6.23. The maximum atomic E-state index is 13.0. The van der Waals surface area contributed by atoms with Crippen molar-refractivity contribution in [3.05, 3.63) is 42.5 Å². The maximum Gasteiger partial charge on any atom is 0.440 e. The van der Waals surface area contributed by atoms with E-state index < -0.39 is 17.9 Å². The Balaban J connectivity index is 2.24. The molecule has 4 nitrogen and oxygen atoms in total. The van der Waals surface area contributed by atoms with Crippen LogP contribution < -0.4 is 0 Å². The molecule has 0 aliphatic rings. The van der Waals surface area contributed by atoms with E-state index in [4.69, 9.17) is 0 Å². The number of halogens is 3. The number of esters is 1. The highest BCUT2D eigenvalue weighted by molar-refractivity contribution is 6.39. The summed E-state index contributed by atoms with van der Waals surface area (Å²) in [7, 11) is 0.891. The van der Waals surface area contributed by atoms with Gasteiger partial charge >= 0.3 is 12.1 Å². The third-order valence-corrected chi connectivity index (χ3v) is 3.96. The number of fused-ring (bicyclic) bond motifs is 3. The van der Waals surface area contributed by atoms with Gasteiger partial charge in [-0.15, -0.1) is 0 Å². The van der Waals surface area contributed by atoms with Gasteiger partial charge in [0.2, 0.25) is 5.71 Å². The first kappa shape index (κ1) is 17.0. The zero-order valence-electron chi connectivity index (χ0n) is 13.6. The minimum absolute atomic E-state index is 0.0456. The van der Waals surface area contributed by atoms with Crippen LogP contribution in [0.3, 0.4) is 0 Å². The van der Waals surface area contributed by atoms with Gasteiger partial charge in [-0.25, -0.2) is 9.79 Å². The number of rotatable bonds is 3. The van der Waals surface area contributed by atoms with E-state index in [1.54, 1.807) is 12.1 Å². The van der Waals surface area contributed by atoms with Crippen molar-refractivity contribution in [1.29, 1.82) is 0 Å². The molecule has 0 atom stereocenters. The van der Waals surface area contributed by atoms with Gasteiger partial charge in [-0.1, -0.05) is 18.2 Å². The fourth-order valence-corrected chi connectivity index (χ4v) is 2.90. The average molecular weight is 348 g/mol. The number of alkyl halides is 3. The molecular formula is C18H15F3N2O2. The molecular weight excluding hydrogens is 333 g/mol. The molecule has 3 rings (SSSR count).